The summed E-state index contributed by atoms with van der Waals surface area (Å²) >= 11 is 0. The number of pyridine rings is 2. The van der Waals surface area contributed by atoms with Gasteiger partial charge in [0.2, 0.25) is 0 Å². The molecule has 2 atom stereocenters. The van der Waals surface area contributed by atoms with Gasteiger partial charge in [-0.25, -0.2) is 4.98 Å². The minimum atomic E-state index is 0. The normalized spacial score (nSPS) is 16.4. The van der Waals surface area contributed by atoms with Gasteiger partial charge in [-0.15, -0.1) is 41.3 Å². The summed E-state index contributed by atoms with van der Waals surface area (Å²) in [7, 11) is 0. The van der Waals surface area contributed by atoms with Crippen molar-refractivity contribution in [1.82, 2.24) is 14.5 Å². The fourth-order valence-corrected chi connectivity index (χ4v) is 8.89. The van der Waals surface area contributed by atoms with Crippen LogP contribution in [0.25, 0.3) is 61.1 Å². The Morgan fingerprint density at radius 2 is 1.37 bits per heavy atom. The van der Waals surface area contributed by atoms with Crippen LogP contribution in [0, 0.1) is 44.2 Å². The third kappa shape index (κ3) is 7.61. The molecule has 0 amide bonds. The van der Waals surface area contributed by atoms with E-state index in [1.165, 1.54) is 52.6 Å². The average molecular weight is 925 g/mol. The van der Waals surface area contributed by atoms with Crippen molar-refractivity contribution in [2.24, 2.45) is 11.3 Å². The van der Waals surface area contributed by atoms with Crippen LogP contribution in [0.1, 0.15) is 68.2 Å². The van der Waals surface area contributed by atoms with Crippen LogP contribution in [0.4, 0.5) is 0 Å². The molecule has 0 N–H and O–H groups in total. The molecule has 1 aliphatic rings. The Kier molecular flexibility index (Phi) is 10.5. The van der Waals surface area contributed by atoms with Gasteiger partial charge in [-0.2, -0.15) is 6.07 Å². The number of aromatic nitrogens is 3. The van der Waals surface area contributed by atoms with Crippen LogP contribution < -0.4 is 4.74 Å². The molecular weight excluding hydrogens is 878 g/mol. The Labute approximate surface area is 351 Å². The summed E-state index contributed by atoms with van der Waals surface area (Å²) in [6, 6.07) is 47.9. The fourth-order valence-electron chi connectivity index (χ4n) is 8.89. The Morgan fingerprint density at radius 1 is 0.667 bits per heavy atom. The number of hydrogen-bond acceptors (Lipinski definition) is 3. The van der Waals surface area contributed by atoms with E-state index in [0.29, 0.717) is 28.7 Å². The van der Waals surface area contributed by atoms with Crippen molar-refractivity contribution in [1.29, 1.82) is 0 Å². The molecule has 5 aromatic carbocycles. The molecule has 57 heavy (non-hydrogen) atoms. The molecular formula is C52H47N3OPt. The van der Waals surface area contributed by atoms with Gasteiger partial charge in [-0.05, 0) is 125 Å². The first-order chi connectivity index (χ1) is 27.1. The van der Waals surface area contributed by atoms with Crippen LogP contribution in [0.5, 0.6) is 11.5 Å². The summed E-state index contributed by atoms with van der Waals surface area (Å²) in [6.07, 6.45) is 7.68. The number of benzene rings is 5. The summed E-state index contributed by atoms with van der Waals surface area (Å²) in [5, 5.41) is 2.22. The minimum absolute atomic E-state index is 0. The van der Waals surface area contributed by atoms with Crippen molar-refractivity contribution in [3.63, 3.8) is 0 Å². The quantitative estimate of drug-likeness (QED) is 0.150. The molecule has 9 rings (SSSR count). The van der Waals surface area contributed by atoms with Gasteiger partial charge in [0.05, 0.1) is 0 Å². The van der Waals surface area contributed by atoms with Gasteiger partial charge in [0.15, 0.2) is 0 Å². The Hall–Kier alpha value is -5.31. The third-order valence-corrected chi connectivity index (χ3v) is 12.1. The zero-order valence-electron chi connectivity index (χ0n) is 33.5. The first-order valence-corrected chi connectivity index (χ1v) is 19.9. The molecule has 0 spiro atoms. The van der Waals surface area contributed by atoms with Crippen molar-refractivity contribution in [3.8, 4) is 50.8 Å². The topological polar surface area (TPSA) is 39.9 Å². The van der Waals surface area contributed by atoms with Crippen LogP contribution >= 0.6 is 0 Å². The maximum Gasteiger partial charge on any atom is 2.00 e. The SMILES string of the molecule is Cc1cnc(-n2c3[c-]c(Oc4[c-]c(-c5cc(C6CCC(C)(C)CC6C)c(C)cn5)ccc4)ccc3c3cc(-c4ccc(-c5ccccc5)cc4)ccc32)cc1C.[Pt+2]. The summed E-state index contributed by atoms with van der Waals surface area (Å²) in [5.74, 6) is 3.27. The van der Waals surface area contributed by atoms with E-state index in [-0.39, 0.29) is 21.1 Å². The number of fused-ring (bicyclic) bond motifs is 3. The molecule has 0 radical (unpaired) electrons. The summed E-state index contributed by atoms with van der Waals surface area (Å²) in [4.78, 5) is 9.78. The Bertz CT molecular complexity index is 2730. The first kappa shape index (κ1) is 38.6. The van der Waals surface area contributed by atoms with Crippen LogP contribution in [0.2, 0.25) is 0 Å². The average Bonchev–Trinajstić information content (AvgIpc) is 3.52. The van der Waals surface area contributed by atoms with Gasteiger partial charge >= 0.3 is 21.1 Å². The van der Waals surface area contributed by atoms with E-state index < -0.39 is 0 Å². The van der Waals surface area contributed by atoms with E-state index in [0.717, 1.165) is 50.0 Å². The minimum Gasteiger partial charge on any atom is -0.503 e. The Morgan fingerprint density at radius 3 is 2.12 bits per heavy atom. The number of ether oxygens (including phenoxy) is 1. The molecule has 0 aliphatic heterocycles. The number of aryl methyl sites for hydroxylation is 3. The maximum absolute atomic E-state index is 6.56. The van der Waals surface area contributed by atoms with Crippen molar-refractivity contribution in [2.45, 2.75) is 66.7 Å². The van der Waals surface area contributed by atoms with Gasteiger partial charge in [0.1, 0.15) is 5.82 Å². The molecule has 2 unspecified atom stereocenters. The van der Waals surface area contributed by atoms with Gasteiger partial charge in [0, 0.05) is 29.4 Å². The van der Waals surface area contributed by atoms with Gasteiger partial charge in [-0.3, -0.25) is 0 Å². The molecule has 3 heterocycles. The van der Waals surface area contributed by atoms with Crippen molar-refractivity contribution < 1.29 is 25.8 Å². The largest absolute Gasteiger partial charge is 2.00 e. The molecule has 4 nitrogen and oxygen atoms in total. The molecule has 1 fully saturated rings. The first-order valence-electron chi connectivity index (χ1n) is 19.9. The summed E-state index contributed by atoms with van der Waals surface area (Å²) in [6.45, 7) is 13.7. The smallest absolute Gasteiger partial charge is 0.503 e. The second-order valence-corrected chi connectivity index (χ2v) is 16.7. The molecule has 0 bridgehead atoms. The predicted molar refractivity (Wildman–Crippen MR) is 231 cm³/mol. The fraction of sp³-hybridized carbons (Fsp3) is 0.231. The molecule has 1 saturated carbocycles. The Balaban J connectivity index is 0.00000455. The van der Waals surface area contributed by atoms with E-state index in [9.17, 15) is 0 Å². The standard InChI is InChI=1S/C52H47N3O.Pt/c1-33-25-51(54-31-35(33)3)55-49-22-19-40(39-17-15-38(16-18-39)37-11-8-7-9-12-37)27-47(49)45-21-20-43(28-50(45)55)56-42-14-10-13-41(26-42)48-29-46(36(4)32-53-48)44-23-24-52(5,6)30-34(44)2;/h7-22,25,27,29,31-32,34,44H,23-24,30H2,1-6H3;/q-2;+2. The second-order valence-electron chi connectivity index (χ2n) is 16.7. The second kappa shape index (κ2) is 15.6. The molecule has 8 aromatic rings. The summed E-state index contributed by atoms with van der Waals surface area (Å²) in [5.41, 5.74) is 14.0. The number of rotatable bonds is 7. The van der Waals surface area contributed by atoms with E-state index in [1.54, 1.807) is 0 Å². The number of hydrogen-bond donors (Lipinski definition) is 0. The van der Waals surface area contributed by atoms with Crippen LogP contribution in [0.15, 0.2) is 128 Å². The zero-order chi connectivity index (χ0) is 38.6. The van der Waals surface area contributed by atoms with Crippen LogP contribution in [0.3, 0.4) is 0 Å². The maximum atomic E-state index is 6.56. The van der Waals surface area contributed by atoms with E-state index >= 15 is 0 Å². The van der Waals surface area contributed by atoms with Gasteiger partial charge in [-0.1, -0.05) is 105 Å². The zero-order valence-corrected chi connectivity index (χ0v) is 35.7. The van der Waals surface area contributed by atoms with E-state index in [4.69, 9.17) is 14.7 Å². The van der Waals surface area contributed by atoms with Crippen molar-refractivity contribution in [2.75, 3.05) is 0 Å². The van der Waals surface area contributed by atoms with Gasteiger partial charge < -0.3 is 14.3 Å². The third-order valence-electron chi connectivity index (χ3n) is 12.1. The molecule has 286 valence electrons. The molecule has 1 aliphatic carbocycles. The molecule has 5 heteroatoms. The van der Waals surface area contributed by atoms with E-state index in [1.807, 2.05) is 30.6 Å². The summed E-state index contributed by atoms with van der Waals surface area (Å²) < 4.78 is 8.76. The van der Waals surface area contributed by atoms with Gasteiger partial charge in [0.25, 0.3) is 0 Å². The predicted octanol–water partition coefficient (Wildman–Crippen LogP) is 13.8. The monoisotopic (exact) mass is 924 g/mol. The molecule has 3 aromatic heterocycles. The van der Waals surface area contributed by atoms with Crippen LogP contribution in [-0.4, -0.2) is 14.5 Å². The molecule has 0 saturated heterocycles. The van der Waals surface area contributed by atoms with Crippen LogP contribution in [-0.2, 0) is 21.1 Å². The van der Waals surface area contributed by atoms with E-state index in [2.05, 4.69) is 155 Å². The number of nitrogens with zero attached hydrogens (tertiary/aromatic N) is 3. The van der Waals surface area contributed by atoms with Crippen molar-refractivity contribution in [3.05, 3.63) is 162 Å². The van der Waals surface area contributed by atoms with Crippen molar-refractivity contribution >= 4 is 21.8 Å².